The van der Waals surface area contributed by atoms with Crippen LogP contribution in [0, 0.1) is 11.8 Å². The van der Waals surface area contributed by atoms with Crippen LogP contribution in [0.25, 0.3) is 22.5 Å². The van der Waals surface area contributed by atoms with Crippen molar-refractivity contribution in [3.05, 3.63) is 82.9 Å². The quantitative estimate of drug-likeness (QED) is 0.131. The zero-order valence-electron chi connectivity index (χ0n) is 27.7. The van der Waals surface area contributed by atoms with Crippen LogP contribution in [0.15, 0.2) is 66.7 Å². The molecule has 1 saturated carbocycles. The van der Waals surface area contributed by atoms with E-state index < -0.39 is 6.04 Å². The van der Waals surface area contributed by atoms with E-state index in [1.807, 2.05) is 30.3 Å². The van der Waals surface area contributed by atoms with Crippen LogP contribution < -0.4 is 27.0 Å². The van der Waals surface area contributed by atoms with Gasteiger partial charge in [0.1, 0.15) is 6.04 Å². The molecule has 6 rings (SSSR count). The molecule has 0 spiro atoms. The molecule has 3 aromatic carbocycles. The van der Waals surface area contributed by atoms with Gasteiger partial charge in [-0.25, -0.2) is 0 Å². The number of H-pyrrole nitrogens is 1. The van der Waals surface area contributed by atoms with Crippen molar-refractivity contribution in [1.29, 1.82) is 0 Å². The van der Waals surface area contributed by atoms with Crippen LogP contribution in [-0.4, -0.2) is 70.1 Å². The third-order valence-corrected chi connectivity index (χ3v) is 9.87. The van der Waals surface area contributed by atoms with Crippen LogP contribution in [0.1, 0.15) is 54.4 Å². The summed E-state index contributed by atoms with van der Waals surface area (Å²) in [5.41, 5.74) is 10.3. The Morgan fingerprint density at radius 2 is 1.56 bits per heavy atom. The fourth-order valence-electron chi connectivity index (χ4n) is 6.55. The van der Waals surface area contributed by atoms with Gasteiger partial charge in [0.05, 0.1) is 10.6 Å². The summed E-state index contributed by atoms with van der Waals surface area (Å²) >= 11 is 6.58. The first-order valence-electron chi connectivity index (χ1n) is 16.9. The first-order chi connectivity index (χ1) is 23.9. The Morgan fingerprint density at radius 3 is 2.20 bits per heavy atom. The van der Waals surface area contributed by atoms with Gasteiger partial charge in [-0.15, -0.1) is 22.6 Å². The monoisotopic (exact) mass is 719 g/mol. The maximum atomic E-state index is 13.7. The minimum Gasteiger partial charge on any atom is -0.349 e. The summed E-state index contributed by atoms with van der Waals surface area (Å²) in [6.45, 7) is 2.41. The number of nitrogens with two attached hydrogens (primary N) is 1. The number of anilines is 1. The number of aromatic nitrogens is 4. The van der Waals surface area contributed by atoms with Crippen molar-refractivity contribution in [1.82, 2.24) is 36.6 Å². The molecule has 50 heavy (non-hydrogen) atoms. The molecule has 1 saturated heterocycles. The molecule has 2 fully saturated rings. The van der Waals surface area contributed by atoms with Crippen molar-refractivity contribution in [2.24, 2.45) is 17.6 Å². The maximum absolute atomic E-state index is 13.7. The van der Waals surface area contributed by atoms with Crippen molar-refractivity contribution < 1.29 is 14.4 Å². The minimum atomic E-state index is -0.797. The van der Waals surface area contributed by atoms with Crippen molar-refractivity contribution in [2.75, 3.05) is 25.0 Å². The van der Waals surface area contributed by atoms with E-state index >= 15 is 0 Å². The zero-order chi connectivity index (χ0) is 34.2. The molecule has 0 unspecified atom stereocenters. The number of benzene rings is 3. The van der Waals surface area contributed by atoms with E-state index in [1.165, 1.54) is 0 Å². The Labute approximate surface area is 302 Å². The highest BCUT2D eigenvalue weighted by Crippen LogP contribution is 2.29. The third-order valence-electron chi connectivity index (χ3n) is 9.56. The lowest BCUT2D eigenvalue weighted by Crippen LogP contribution is -2.48. The number of rotatable bonds is 11. The molecule has 264 valence electrons. The Hall–Kier alpha value is -4.36. The first-order valence-corrected chi connectivity index (χ1v) is 17.3. The van der Waals surface area contributed by atoms with Gasteiger partial charge in [0.25, 0.3) is 5.91 Å². The lowest BCUT2D eigenvalue weighted by Gasteiger charge is -2.28. The lowest BCUT2D eigenvalue weighted by molar-refractivity contribution is -0.130. The van der Waals surface area contributed by atoms with Gasteiger partial charge in [-0.2, -0.15) is 5.21 Å². The van der Waals surface area contributed by atoms with E-state index in [4.69, 9.17) is 17.3 Å². The molecule has 4 aromatic rings. The van der Waals surface area contributed by atoms with Crippen molar-refractivity contribution in [2.45, 2.75) is 57.0 Å². The van der Waals surface area contributed by atoms with E-state index in [9.17, 15) is 14.4 Å². The molecule has 1 aliphatic carbocycles. The van der Waals surface area contributed by atoms with E-state index in [1.54, 1.807) is 36.4 Å². The molecule has 1 aliphatic heterocycles. The van der Waals surface area contributed by atoms with Gasteiger partial charge in [-0.1, -0.05) is 41.9 Å². The number of amides is 3. The summed E-state index contributed by atoms with van der Waals surface area (Å²) in [7, 11) is 0. The number of tetrazole rings is 1. The first kappa shape index (κ1) is 36.9. The van der Waals surface area contributed by atoms with Crippen molar-refractivity contribution in [3.63, 3.8) is 0 Å². The molecule has 0 radical (unpaired) electrons. The van der Waals surface area contributed by atoms with Crippen LogP contribution in [0.2, 0.25) is 5.02 Å². The second-order valence-electron chi connectivity index (χ2n) is 12.9. The summed E-state index contributed by atoms with van der Waals surface area (Å²) in [6.07, 6.45) is 5.43. The number of carbonyl (C=O) groups is 3. The molecular formula is C36H43Cl2N9O3. The Bertz CT molecular complexity index is 1720. The van der Waals surface area contributed by atoms with Crippen molar-refractivity contribution in [3.8, 4) is 22.5 Å². The van der Waals surface area contributed by atoms with E-state index in [0.717, 1.165) is 73.9 Å². The number of nitrogens with zero attached hydrogens (tertiary/aromatic N) is 3. The van der Waals surface area contributed by atoms with Crippen LogP contribution in [0.5, 0.6) is 0 Å². The molecule has 2 aliphatic rings. The van der Waals surface area contributed by atoms with Crippen LogP contribution >= 0.6 is 24.0 Å². The van der Waals surface area contributed by atoms with E-state index in [0.29, 0.717) is 41.0 Å². The molecule has 2 heterocycles. The third kappa shape index (κ3) is 9.45. The summed E-state index contributed by atoms with van der Waals surface area (Å²) in [4.78, 5) is 39.9. The minimum absolute atomic E-state index is 0. The summed E-state index contributed by atoms with van der Waals surface area (Å²) in [5.74, 6) is 0.153. The van der Waals surface area contributed by atoms with E-state index in [-0.39, 0.29) is 42.1 Å². The summed E-state index contributed by atoms with van der Waals surface area (Å²) in [6, 6.07) is 19.7. The standard InChI is InChI=1S/C36H42ClN9O3.ClH/c37-31-20-27(11-14-30(31)35(48)40-29-15-17-39-18-16-29)24-5-1-22(2-6-24)19-32(42-34(47)26-7-3-23(21-38)4-8-26)36(49)41-28-12-9-25(10-13-28)33-43-45-46-44-33;/h1-2,5-6,9-14,20,23,26,29,32,39H,3-4,7-8,15-19,21,38H2,(H,40,48)(H,41,49)(H,42,47)(H,43,44,45,46);1H/t23-,26-,32-;/m0./s1. The molecule has 0 bridgehead atoms. The van der Waals surface area contributed by atoms with Crippen molar-refractivity contribution >= 4 is 47.4 Å². The second-order valence-corrected chi connectivity index (χ2v) is 13.3. The Kier molecular flexibility index (Phi) is 12.9. The molecule has 1 atom stereocenters. The summed E-state index contributed by atoms with van der Waals surface area (Å²) < 4.78 is 0. The average molecular weight is 721 g/mol. The van der Waals surface area contributed by atoms with Gasteiger partial charge >= 0.3 is 0 Å². The number of piperidine rings is 1. The highest BCUT2D eigenvalue weighted by Gasteiger charge is 2.29. The smallest absolute Gasteiger partial charge is 0.253 e. The molecule has 12 nitrogen and oxygen atoms in total. The zero-order valence-corrected chi connectivity index (χ0v) is 29.2. The number of aromatic amines is 1. The highest BCUT2D eigenvalue weighted by molar-refractivity contribution is 6.34. The van der Waals surface area contributed by atoms with Crippen LogP contribution in [-0.2, 0) is 16.0 Å². The topological polar surface area (TPSA) is 180 Å². The number of hydrogen-bond acceptors (Lipinski definition) is 8. The largest absolute Gasteiger partial charge is 0.349 e. The number of nitrogens with one attached hydrogen (secondary N) is 5. The Balaban J connectivity index is 0.00000486. The van der Waals surface area contributed by atoms with Gasteiger partial charge in [0.2, 0.25) is 17.6 Å². The van der Waals surface area contributed by atoms with E-state index in [2.05, 4.69) is 41.9 Å². The van der Waals surface area contributed by atoms with Gasteiger partial charge in [-0.05, 0) is 122 Å². The molecule has 1 aromatic heterocycles. The molecule has 3 amide bonds. The molecule has 7 N–H and O–H groups in total. The second kappa shape index (κ2) is 17.5. The van der Waals surface area contributed by atoms with Gasteiger partial charge in [0, 0.05) is 29.6 Å². The highest BCUT2D eigenvalue weighted by atomic mass is 35.5. The predicted octanol–water partition coefficient (Wildman–Crippen LogP) is 4.52. The molecular weight excluding hydrogens is 677 g/mol. The molecule has 14 heteroatoms. The van der Waals surface area contributed by atoms with Gasteiger partial charge in [0.15, 0.2) is 0 Å². The normalized spacial score (nSPS) is 18.4. The Morgan fingerprint density at radius 1 is 0.880 bits per heavy atom. The van der Waals surface area contributed by atoms with Gasteiger partial charge in [-0.3, -0.25) is 14.4 Å². The lowest BCUT2D eigenvalue weighted by atomic mass is 9.81. The predicted molar refractivity (Wildman–Crippen MR) is 196 cm³/mol. The fourth-order valence-corrected chi connectivity index (χ4v) is 6.82. The number of hydrogen-bond donors (Lipinski definition) is 6. The SMILES string of the molecule is Cl.NC[C@H]1CC[C@H](C(=O)N[C@@H](Cc2ccc(-c3ccc(C(=O)NC4CCNCC4)c(Cl)c3)cc2)C(=O)Nc2ccc(-c3nn[nH]n3)cc2)CC1. The fraction of sp³-hybridized carbons (Fsp3) is 0.389. The van der Waals surface area contributed by atoms with Crippen LogP contribution in [0.4, 0.5) is 5.69 Å². The summed E-state index contributed by atoms with van der Waals surface area (Å²) in [5, 5.41) is 26.8. The average Bonchev–Trinajstić information content (AvgIpc) is 3.68. The van der Waals surface area contributed by atoms with Crippen LogP contribution in [0.3, 0.4) is 0 Å². The number of halogens is 2. The maximum Gasteiger partial charge on any atom is 0.253 e. The van der Waals surface area contributed by atoms with Gasteiger partial charge < -0.3 is 27.0 Å². The number of carbonyl (C=O) groups excluding carboxylic acids is 3.